The lowest BCUT2D eigenvalue weighted by Gasteiger charge is -2.55. The van der Waals surface area contributed by atoms with Gasteiger partial charge in [-0.15, -0.1) is 0 Å². The Morgan fingerprint density at radius 2 is 1.66 bits per heavy atom. The van der Waals surface area contributed by atoms with Crippen LogP contribution in [0.25, 0.3) is 10.9 Å². The van der Waals surface area contributed by atoms with Gasteiger partial charge in [0.25, 0.3) is 0 Å². The molecule has 0 aliphatic heterocycles. The summed E-state index contributed by atoms with van der Waals surface area (Å²) in [6.07, 6.45) is 7.99. The van der Waals surface area contributed by atoms with E-state index >= 15 is 0 Å². The highest BCUT2D eigenvalue weighted by Gasteiger charge is 2.55. The molecule has 188 valence electrons. The first-order valence-electron chi connectivity index (χ1n) is 12.8. The molecule has 4 aliphatic rings. The molecule has 4 fully saturated rings. The Morgan fingerprint density at radius 1 is 1.06 bits per heavy atom. The Labute approximate surface area is 206 Å². The van der Waals surface area contributed by atoms with Gasteiger partial charge in [-0.1, -0.05) is 18.2 Å². The van der Waals surface area contributed by atoms with E-state index in [-0.39, 0.29) is 17.7 Å². The first kappa shape index (κ1) is 23.9. The van der Waals surface area contributed by atoms with Crippen molar-refractivity contribution in [1.29, 1.82) is 0 Å². The molecule has 0 spiro atoms. The summed E-state index contributed by atoms with van der Waals surface area (Å²) in [6.45, 7) is 5.47. The maximum atomic E-state index is 13.7. The number of esters is 1. The number of benzene rings is 1. The first-order valence-corrected chi connectivity index (χ1v) is 12.8. The minimum atomic E-state index is -0.821. The minimum absolute atomic E-state index is 0.0112. The number of aromatic nitrogens is 1. The topological polar surface area (TPSA) is 86.6 Å². The molecule has 4 saturated carbocycles. The minimum Gasteiger partial charge on any atom is -0.467 e. The van der Waals surface area contributed by atoms with Crippen LogP contribution in [0.1, 0.15) is 64.9 Å². The Morgan fingerprint density at radius 3 is 2.23 bits per heavy atom. The third-order valence-electron chi connectivity index (χ3n) is 8.12. The Balaban J connectivity index is 1.41. The number of amides is 1. The summed E-state index contributed by atoms with van der Waals surface area (Å²) in [5.41, 5.74) is 0.495. The number of para-hydroxylation sites is 1. The van der Waals surface area contributed by atoms with Gasteiger partial charge < -0.3 is 14.8 Å². The van der Waals surface area contributed by atoms with Crippen LogP contribution in [0.2, 0.25) is 0 Å². The zero-order valence-corrected chi connectivity index (χ0v) is 21.1. The van der Waals surface area contributed by atoms with Crippen molar-refractivity contribution in [2.45, 2.75) is 77.4 Å². The number of ether oxygens (including phenoxy) is 2. The lowest BCUT2D eigenvalue weighted by molar-refractivity contribution is -0.152. The van der Waals surface area contributed by atoms with Crippen molar-refractivity contribution in [3.05, 3.63) is 36.0 Å². The fourth-order valence-corrected chi connectivity index (χ4v) is 7.13. The largest absolute Gasteiger partial charge is 0.467 e. The molecule has 1 N–H and O–H groups in total. The number of carbonyl (C=O) groups is 3. The molecular formula is C28H36N2O5. The van der Waals surface area contributed by atoms with E-state index in [0.717, 1.165) is 30.2 Å². The molecule has 0 saturated heterocycles. The molecule has 35 heavy (non-hydrogen) atoms. The Hall–Kier alpha value is -2.83. The second kappa shape index (κ2) is 8.68. The fourth-order valence-electron chi connectivity index (χ4n) is 7.13. The number of methoxy groups -OCH3 is 1. The predicted octanol–water partition coefficient (Wildman–Crippen LogP) is 4.84. The van der Waals surface area contributed by atoms with Gasteiger partial charge in [-0.25, -0.2) is 9.59 Å². The van der Waals surface area contributed by atoms with Gasteiger partial charge >= 0.3 is 12.1 Å². The molecule has 6 rings (SSSR count). The van der Waals surface area contributed by atoms with Gasteiger partial charge in [-0.05, 0) is 88.7 Å². The predicted molar refractivity (Wildman–Crippen MR) is 132 cm³/mol. The average Bonchev–Trinajstić information content (AvgIpc) is 3.15. The highest BCUT2D eigenvalue weighted by Crippen LogP contribution is 2.60. The molecule has 0 radical (unpaired) electrons. The summed E-state index contributed by atoms with van der Waals surface area (Å²) in [5.74, 6) is 1.42. The van der Waals surface area contributed by atoms with E-state index in [9.17, 15) is 14.4 Å². The normalized spacial score (nSPS) is 28.1. The van der Waals surface area contributed by atoms with E-state index in [1.54, 1.807) is 6.20 Å². The van der Waals surface area contributed by atoms with Crippen LogP contribution < -0.4 is 5.32 Å². The number of hydrogen-bond donors (Lipinski definition) is 1. The molecule has 7 nitrogen and oxygen atoms in total. The SMILES string of the molecule is COC(=O)[C@@H](Cc1cn(C(=O)OC(C)(C)C)c2ccccc12)NC(=O)C12CC3CC(CC(C3)C1)C2. The van der Waals surface area contributed by atoms with Crippen molar-refractivity contribution in [2.75, 3.05) is 7.11 Å². The van der Waals surface area contributed by atoms with Crippen LogP contribution in [0, 0.1) is 23.2 Å². The van der Waals surface area contributed by atoms with Gasteiger partial charge in [-0.3, -0.25) is 9.36 Å². The molecular weight excluding hydrogens is 444 g/mol. The van der Waals surface area contributed by atoms with Gasteiger partial charge in [-0.2, -0.15) is 0 Å². The highest BCUT2D eigenvalue weighted by molar-refractivity contribution is 5.93. The summed E-state index contributed by atoms with van der Waals surface area (Å²) >= 11 is 0. The molecule has 1 atom stereocenters. The van der Waals surface area contributed by atoms with E-state index in [4.69, 9.17) is 9.47 Å². The highest BCUT2D eigenvalue weighted by atomic mass is 16.6. The smallest absolute Gasteiger partial charge is 0.419 e. The Bertz CT molecular complexity index is 1120. The van der Waals surface area contributed by atoms with E-state index in [2.05, 4.69) is 5.32 Å². The van der Waals surface area contributed by atoms with Crippen molar-refractivity contribution in [3.63, 3.8) is 0 Å². The molecule has 4 bridgehead atoms. The van der Waals surface area contributed by atoms with Crippen molar-refractivity contribution in [1.82, 2.24) is 9.88 Å². The molecule has 0 unspecified atom stereocenters. The standard InChI is InChI=1S/C28H36N2O5/c1-27(2,3)35-26(33)30-16-20(21-7-5-6-8-23(21)30)12-22(24(31)34-4)29-25(32)28-13-17-9-18(14-28)11-19(10-17)15-28/h5-8,16-19,22H,9-15H2,1-4H3,(H,29,32)/t17?,18?,19?,22-,28?/m1/s1. The van der Waals surface area contributed by atoms with E-state index < -0.39 is 23.7 Å². The molecule has 1 aromatic carbocycles. The van der Waals surface area contributed by atoms with Crippen molar-refractivity contribution < 1.29 is 23.9 Å². The molecule has 1 aromatic heterocycles. The molecule has 1 heterocycles. The molecule has 4 aliphatic carbocycles. The number of fused-ring (bicyclic) bond motifs is 1. The van der Waals surface area contributed by atoms with Crippen LogP contribution in [0.3, 0.4) is 0 Å². The van der Waals surface area contributed by atoms with Crippen LogP contribution >= 0.6 is 0 Å². The quantitative estimate of drug-likeness (QED) is 0.619. The van der Waals surface area contributed by atoms with Gasteiger partial charge in [0, 0.05) is 23.4 Å². The zero-order valence-electron chi connectivity index (χ0n) is 21.1. The lowest BCUT2D eigenvalue weighted by Crippen LogP contribution is -2.56. The number of hydrogen-bond acceptors (Lipinski definition) is 5. The van der Waals surface area contributed by atoms with Gasteiger partial charge in [0.15, 0.2) is 0 Å². The fraction of sp³-hybridized carbons (Fsp3) is 0.607. The van der Waals surface area contributed by atoms with Crippen LogP contribution in [-0.2, 0) is 25.5 Å². The Kier molecular flexibility index (Phi) is 5.93. The lowest BCUT2D eigenvalue weighted by atomic mass is 9.49. The van der Waals surface area contributed by atoms with Gasteiger partial charge in [0.05, 0.1) is 12.6 Å². The maximum absolute atomic E-state index is 13.7. The zero-order chi connectivity index (χ0) is 25.0. The van der Waals surface area contributed by atoms with Crippen LogP contribution in [-0.4, -0.2) is 41.3 Å². The van der Waals surface area contributed by atoms with Crippen molar-refractivity contribution >= 4 is 28.9 Å². The van der Waals surface area contributed by atoms with Crippen LogP contribution in [0.5, 0.6) is 0 Å². The second-order valence-electron chi connectivity index (χ2n) is 12.0. The van der Waals surface area contributed by atoms with Gasteiger partial charge in [0.2, 0.25) is 5.91 Å². The first-order chi connectivity index (χ1) is 16.6. The van der Waals surface area contributed by atoms with Crippen molar-refractivity contribution in [3.8, 4) is 0 Å². The second-order valence-corrected chi connectivity index (χ2v) is 12.0. The maximum Gasteiger partial charge on any atom is 0.419 e. The van der Waals surface area contributed by atoms with Crippen LogP contribution in [0.4, 0.5) is 4.79 Å². The summed E-state index contributed by atoms with van der Waals surface area (Å²) in [6, 6.07) is 6.70. The number of rotatable bonds is 5. The van der Waals surface area contributed by atoms with Gasteiger partial charge in [0.1, 0.15) is 11.6 Å². The number of carbonyl (C=O) groups excluding carboxylic acids is 3. The van der Waals surface area contributed by atoms with E-state index in [1.165, 1.54) is 30.9 Å². The number of nitrogens with zero attached hydrogens (tertiary/aromatic N) is 1. The average molecular weight is 481 g/mol. The summed E-state index contributed by atoms with van der Waals surface area (Å²) in [4.78, 5) is 39.3. The summed E-state index contributed by atoms with van der Waals surface area (Å²) < 4.78 is 12.1. The third-order valence-corrected chi connectivity index (χ3v) is 8.12. The molecule has 2 aromatic rings. The summed E-state index contributed by atoms with van der Waals surface area (Å²) in [5, 5.41) is 3.92. The third kappa shape index (κ3) is 4.57. The summed E-state index contributed by atoms with van der Waals surface area (Å²) in [7, 11) is 1.34. The molecule has 7 heteroatoms. The monoisotopic (exact) mass is 480 g/mol. The molecule has 1 amide bonds. The van der Waals surface area contributed by atoms with E-state index in [0.29, 0.717) is 23.3 Å². The van der Waals surface area contributed by atoms with Crippen LogP contribution in [0.15, 0.2) is 30.5 Å². The number of nitrogens with one attached hydrogen (secondary N) is 1. The van der Waals surface area contributed by atoms with Crippen molar-refractivity contribution in [2.24, 2.45) is 23.2 Å². The van der Waals surface area contributed by atoms with E-state index in [1.807, 2.05) is 45.0 Å².